The molecular weight excluding hydrogens is 472 g/mol. The number of nitrogen functional groups attached to an aromatic ring is 1. The van der Waals surface area contributed by atoms with E-state index in [-0.39, 0.29) is 11.9 Å². The van der Waals surface area contributed by atoms with Crippen molar-refractivity contribution in [3.8, 4) is 11.3 Å². The number of carbonyl (C=O) groups is 1. The average Bonchev–Trinajstić information content (AvgIpc) is 3.59. The molecule has 184 valence electrons. The Kier molecular flexibility index (Phi) is 5.77. The highest BCUT2D eigenvalue weighted by Crippen LogP contribution is 2.43. The van der Waals surface area contributed by atoms with E-state index in [1.165, 1.54) is 17.5 Å². The molecule has 4 aromatic rings. The van der Waals surface area contributed by atoms with Crippen LogP contribution in [0.2, 0.25) is 0 Å². The van der Waals surface area contributed by atoms with E-state index in [4.69, 9.17) is 10.8 Å². The maximum absolute atomic E-state index is 12.7. The normalized spacial score (nSPS) is 18.3. The molecule has 1 aromatic carbocycles. The van der Waals surface area contributed by atoms with Gasteiger partial charge < -0.3 is 15.5 Å². The van der Waals surface area contributed by atoms with Gasteiger partial charge in [-0.1, -0.05) is 12.1 Å². The first-order chi connectivity index (χ1) is 17.5. The van der Waals surface area contributed by atoms with Crippen LogP contribution in [0.1, 0.15) is 25.3 Å². The van der Waals surface area contributed by atoms with Crippen molar-refractivity contribution < 1.29 is 4.79 Å². The topological polar surface area (TPSA) is 106 Å². The van der Waals surface area contributed by atoms with Crippen molar-refractivity contribution >= 4 is 44.3 Å². The Hall–Kier alpha value is -3.63. The summed E-state index contributed by atoms with van der Waals surface area (Å²) in [6.45, 7) is 2.15. The molecule has 1 aliphatic carbocycles. The van der Waals surface area contributed by atoms with E-state index in [9.17, 15) is 4.79 Å². The predicted octanol–water partition coefficient (Wildman–Crippen LogP) is 3.67. The summed E-state index contributed by atoms with van der Waals surface area (Å²) in [5, 5.41) is 5.87. The highest BCUT2D eigenvalue weighted by Gasteiger charge is 2.34. The van der Waals surface area contributed by atoms with Gasteiger partial charge in [-0.15, -0.1) is 11.3 Å². The van der Waals surface area contributed by atoms with E-state index in [1.54, 1.807) is 17.4 Å². The first kappa shape index (κ1) is 22.8. The summed E-state index contributed by atoms with van der Waals surface area (Å²) in [4.78, 5) is 30.0. The monoisotopic (exact) mass is 500 g/mol. The van der Waals surface area contributed by atoms with Crippen molar-refractivity contribution in [2.45, 2.75) is 25.3 Å². The number of nitrogens with zero attached hydrogens (tertiary/aromatic N) is 7. The molecule has 2 aliphatic rings. The van der Waals surface area contributed by atoms with Crippen molar-refractivity contribution in [1.29, 1.82) is 0 Å². The molecule has 10 heteroatoms. The van der Waals surface area contributed by atoms with E-state index >= 15 is 0 Å². The van der Waals surface area contributed by atoms with Crippen LogP contribution < -0.4 is 5.73 Å². The standard InChI is InChI=1S/C26H28N8OS/c1-32(2)10-3-4-22(35)33-11-9-18-17(13-33)6-8-20(18)34-26-23(25(27)28-14-29-26)24(31-34)16-5-7-19-21(12-16)36-15-30-19/h3-5,7,12,14-15,20H,6,8-11,13H2,1-2H3,(H2,27,28,29)/b4-3+. The third-order valence-corrected chi connectivity index (χ3v) is 7.86. The van der Waals surface area contributed by atoms with Crippen molar-refractivity contribution in [2.75, 3.05) is 39.5 Å². The van der Waals surface area contributed by atoms with E-state index in [1.807, 2.05) is 52.3 Å². The van der Waals surface area contributed by atoms with Crippen LogP contribution in [0.25, 0.3) is 32.5 Å². The summed E-state index contributed by atoms with van der Waals surface area (Å²) < 4.78 is 3.14. The van der Waals surface area contributed by atoms with Gasteiger partial charge in [0, 0.05) is 31.3 Å². The quantitative estimate of drug-likeness (QED) is 0.329. The smallest absolute Gasteiger partial charge is 0.246 e. The van der Waals surface area contributed by atoms with Gasteiger partial charge in [-0.3, -0.25) is 4.79 Å². The molecule has 4 heterocycles. The van der Waals surface area contributed by atoms with Gasteiger partial charge in [0.25, 0.3) is 0 Å². The summed E-state index contributed by atoms with van der Waals surface area (Å²) in [6.07, 6.45) is 7.88. The largest absolute Gasteiger partial charge is 0.383 e. The molecule has 0 spiro atoms. The number of likely N-dealkylation sites (N-methyl/N-ethyl adjacent to an activating group) is 1. The first-order valence-corrected chi connectivity index (χ1v) is 13.0. The molecule has 0 fully saturated rings. The van der Waals surface area contributed by atoms with Gasteiger partial charge in [0.1, 0.15) is 17.8 Å². The number of hydrogen-bond donors (Lipinski definition) is 1. The van der Waals surface area contributed by atoms with Crippen LogP contribution >= 0.6 is 11.3 Å². The maximum atomic E-state index is 12.7. The number of thiazole rings is 1. The van der Waals surface area contributed by atoms with Crippen LogP contribution in [-0.4, -0.2) is 74.2 Å². The van der Waals surface area contributed by atoms with E-state index < -0.39 is 0 Å². The lowest BCUT2D eigenvalue weighted by molar-refractivity contribution is -0.125. The molecule has 0 saturated heterocycles. The molecule has 0 bridgehead atoms. The lowest BCUT2D eigenvalue weighted by Crippen LogP contribution is -2.36. The number of fused-ring (bicyclic) bond motifs is 2. The molecule has 1 unspecified atom stereocenters. The fourth-order valence-corrected chi connectivity index (χ4v) is 6.03. The molecule has 9 nitrogen and oxygen atoms in total. The highest BCUT2D eigenvalue weighted by molar-refractivity contribution is 7.16. The number of benzene rings is 1. The zero-order valence-corrected chi connectivity index (χ0v) is 21.2. The third-order valence-electron chi connectivity index (χ3n) is 7.07. The molecule has 2 N–H and O–H groups in total. The fourth-order valence-electron chi connectivity index (χ4n) is 5.32. The molecule has 1 amide bonds. The van der Waals surface area contributed by atoms with Gasteiger partial charge >= 0.3 is 0 Å². The molecule has 0 radical (unpaired) electrons. The molecule has 0 saturated carbocycles. The minimum Gasteiger partial charge on any atom is -0.383 e. The van der Waals surface area contributed by atoms with Gasteiger partial charge in [-0.05, 0) is 56.6 Å². The van der Waals surface area contributed by atoms with Crippen LogP contribution in [0.3, 0.4) is 0 Å². The van der Waals surface area contributed by atoms with Crippen molar-refractivity contribution in [3.05, 3.63) is 53.3 Å². The van der Waals surface area contributed by atoms with Crippen LogP contribution in [0, 0.1) is 0 Å². The summed E-state index contributed by atoms with van der Waals surface area (Å²) in [5.41, 5.74) is 14.4. The SMILES string of the molecule is CN(C)C/C=C/C(=O)N1CCC2=C(CCC2n2nc(-c3ccc4ncsc4c3)c3c(N)ncnc32)C1. The van der Waals surface area contributed by atoms with Gasteiger partial charge in [0.05, 0.1) is 27.2 Å². The van der Waals surface area contributed by atoms with Gasteiger partial charge in [0.2, 0.25) is 5.91 Å². The van der Waals surface area contributed by atoms with Gasteiger partial charge in [-0.2, -0.15) is 5.10 Å². The van der Waals surface area contributed by atoms with Crippen LogP contribution in [0.4, 0.5) is 5.82 Å². The summed E-state index contributed by atoms with van der Waals surface area (Å²) in [5.74, 6) is 0.514. The Balaban J connectivity index is 1.34. The Morgan fingerprint density at radius 3 is 3.00 bits per heavy atom. The Morgan fingerprint density at radius 2 is 2.14 bits per heavy atom. The van der Waals surface area contributed by atoms with E-state index in [0.29, 0.717) is 18.9 Å². The second kappa shape index (κ2) is 9.11. The van der Waals surface area contributed by atoms with Crippen molar-refractivity contribution in [2.24, 2.45) is 0 Å². The summed E-state index contributed by atoms with van der Waals surface area (Å²) >= 11 is 1.61. The number of amides is 1. The molecule has 36 heavy (non-hydrogen) atoms. The number of aromatic nitrogens is 5. The Labute approximate surface area is 212 Å². The zero-order chi connectivity index (χ0) is 24.8. The van der Waals surface area contributed by atoms with Crippen molar-refractivity contribution in [1.82, 2.24) is 34.5 Å². The first-order valence-electron chi connectivity index (χ1n) is 12.1. The van der Waals surface area contributed by atoms with Crippen LogP contribution in [0.15, 0.2) is 53.3 Å². The minimum absolute atomic E-state index is 0.0812. The number of nitrogens with two attached hydrogens (primary N) is 1. The predicted molar refractivity (Wildman–Crippen MR) is 143 cm³/mol. The molecule has 6 rings (SSSR count). The van der Waals surface area contributed by atoms with E-state index in [2.05, 4.69) is 21.0 Å². The second-order valence-electron chi connectivity index (χ2n) is 9.64. The Bertz CT molecular complexity index is 1530. The average molecular weight is 501 g/mol. The minimum atomic E-state index is 0.0812. The van der Waals surface area contributed by atoms with Crippen molar-refractivity contribution in [3.63, 3.8) is 0 Å². The molecule has 1 aliphatic heterocycles. The number of hydrogen-bond acceptors (Lipinski definition) is 8. The Morgan fingerprint density at radius 1 is 1.25 bits per heavy atom. The maximum Gasteiger partial charge on any atom is 0.246 e. The summed E-state index contributed by atoms with van der Waals surface area (Å²) in [6, 6.07) is 6.27. The summed E-state index contributed by atoms with van der Waals surface area (Å²) in [7, 11) is 3.98. The lowest BCUT2D eigenvalue weighted by Gasteiger charge is -2.29. The molecule has 3 aromatic heterocycles. The highest BCUT2D eigenvalue weighted by atomic mass is 32.1. The fraction of sp³-hybridized carbons (Fsp3) is 0.346. The molecule has 1 atom stereocenters. The second-order valence-corrected chi connectivity index (χ2v) is 10.5. The van der Waals surface area contributed by atoms with Gasteiger partial charge in [-0.25, -0.2) is 19.6 Å². The van der Waals surface area contributed by atoms with Crippen LogP contribution in [0.5, 0.6) is 0 Å². The number of rotatable bonds is 5. The van der Waals surface area contributed by atoms with Gasteiger partial charge in [0.15, 0.2) is 5.65 Å². The van der Waals surface area contributed by atoms with E-state index in [0.717, 1.165) is 58.3 Å². The zero-order valence-electron chi connectivity index (χ0n) is 20.4. The number of carbonyl (C=O) groups excluding carboxylic acids is 1. The van der Waals surface area contributed by atoms with Crippen LogP contribution in [-0.2, 0) is 4.79 Å². The lowest BCUT2D eigenvalue weighted by atomic mass is 10.00. The third kappa shape index (κ3) is 3.96. The number of anilines is 1. The molecular formula is C26H28N8OS.